The maximum atomic E-state index is 11.1. The van der Waals surface area contributed by atoms with Gasteiger partial charge in [-0.15, -0.1) is 0 Å². The molecule has 0 aliphatic rings. The number of ketones is 1. The highest BCUT2D eigenvalue weighted by molar-refractivity contribution is 5.95. The number of aryl methyl sites for hydroxylation is 2. The molecule has 0 N–H and O–H groups in total. The number of carbonyl (C=O) groups excluding carboxylic acids is 1. The number of nitriles is 1. The van der Waals surface area contributed by atoms with E-state index in [0.29, 0.717) is 5.69 Å². The van der Waals surface area contributed by atoms with Crippen LogP contribution in [0.15, 0.2) is 6.07 Å². The fourth-order valence-corrected chi connectivity index (χ4v) is 0.859. The third-order valence-corrected chi connectivity index (χ3v) is 1.64. The summed E-state index contributed by atoms with van der Waals surface area (Å²) in [5, 5.41) is 12.2. The quantitative estimate of drug-likeness (QED) is 0.606. The number of Topliss-reactive ketones (excluding diaryl/α,β-unsaturated/α-hetero) is 1. The Morgan fingerprint density at radius 1 is 1.83 bits per heavy atom. The van der Waals surface area contributed by atoms with Crippen LogP contribution in [0.5, 0.6) is 0 Å². The predicted octanol–water partition coefficient (Wildman–Crippen LogP) is 0.825. The minimum absolute atomic E-state index is 0.101. The molecule has 0 saturated carbocycles. The van der Waals surface area contributed by atoms with Crippen molar-refractivity contribution in [3.63, 3.8) is 0 Å². The van der Waals surface area contributed by atoms with Gasteiger partial charge in [0.25, 0.3) is 0 Å². The number of rotatable bonds is 2. The van der Waals surface area contributed by atoms with Crippen molar-refractivity contribution in [2.45, 2.75) is 13.3 Å². The van der Waals surface area contributed by atoms with Gasteiger partial charge in [0.2, 0.25) is 0 Å². The van der Waals surface area contributed by atoms with Gasteiger partial charge in [0.15, 0.2) is 5.78 Å². The number of carbonyl (C=O) groups is 1. The molecule has 0 radical (unpaired) electrons. The molecule has 0 aromatic carbocycles. The van der Waals surface area contributed by atoms with E-state index in [4.69, 9.17) is 5.26 Å². The first-order chi connectivity index (χ1) is 5.65. The van der Waals surface area contributed by atoms with Crippen molar-refractivity contribution in [1.82, 2.24) is 9.78 Å². The Morgan fingerprint density at radius 2 is 2.50 bits per heavy atom. The third-order valence-electron chi connectivity index (χ3n) is 1.64. The first-order valence-electron chi connectivity index (χ1n) is 3.56. The van der Waals surface area contributed by atoms with Crippen molar-refractivity contribution in [2.75, 3.05) is 0 Å². The van der Waals surface area contributed by atoms with E-state index < -0.39 is 0 Å². The Balaban J connectivity index is 2.91. The molecule has 1 aromatic rings. The smallest absolute Gasteiger partial charge is 0.197 e. The van der Waals surface area contributed by atoms with Gasteiger partial charge in [0.05, 0.1) is 6.07 Å². The lowest BCUT2D eigenvalue weighted by molar-refractivity contribution is 0.0992. The Kier molecular flexibility index (Phi) is 2.24. The molecule has 1 rings (SSSR count). The molecule has 0 spiro atoms. The zero-order valence-electron chi connectivity index (χ0n) is 7.03. The zero-order valence-corrected chi connectivity index (χ0v) is 7.03. The summed E-state index contributed by atoms with van der Waals surface area (Å²) in [5.41, 5.74) is 1.29. The highest BCUT2D eigenvalue weighted by Crippen LogP contribution is 2.03. The molecule has 1 aromatic heterocycles. The molecule has 12 heavy (non-hydrogen) atoms. The van der Waals surface area contributed by atoms with Crippen molar-refractivity contribution >= 4 is 5.78 Å². The van der Waals surface area contributed by atoms with E-state index in [1.54, 1.807) is 23.9 Å². The highest BCUT2D eigenvalue weighted by atomic mass is 16.1. The molecule has 0 amide bonds. The second kappa shape index (κ2) is 3.18. The van der Waals surface area contributed by atoms with Gasteiger partial charge in [-0.25, -0.2) is 0 Å². The lowest BCUT2D eigenvalue weighted by atomic mass is 10.2. The normalized spacial score (nSPS) is 9.42. The van der Waals surface area contributed by atoms with Gasteiger partial charge < -0.3 is 0 Å². The van der Waals surface area contributed by atoms with Crippen molar-refractivity contribution in [1.29, 1.82) is 5.26 Å². The van der Waals surface area contributed by atoms with Crippen molar-refractivity contribution in [2.24, 2.45) is 7.05 Å². The van der Waals surface area contributed by atoms with Crippen LogP contribution in [0.2, 0.25) is 0 Å². The van der Waals surface area contributed by atoms with Crippen LogP contribution in [0, 0.1) is 18.3 Å². The SMILES string of the molecule is Cc1cc(C(=O)CC#N)nn1C. The van der Waals surface area contributed by atoms with E-state index in [0.717, 1.165) is 5.69 Å². The first kappa shape index (κ1) is 8.47. The van der Waals surface area contributed by atoms with Crippen molar-refractivity contribution < 1.29 is 4.79 Å². The summed E-state index contributed by atoms with van der Waals surface area (Å²) in [7, 11) is 1.76. The molecular weight excluding hydrogens is 154 g/mol. The van der Waals surface area contributed by atoms with Gasteiger partial charge in [-0.05, 0) is 13.0 Å². The van der Waals surface area contributed by atoms with Crippen molar-refractivity contribution in [3.05, 3.63) is 17.5 Å². The Morgan fingerprint density at radius 3 is 2.92 bits per heavy atom. The number of nitrogens with zero attached hydrogens (tertiary/aromatic N) is 3. The largest absolute Gasteiger partial charge is 0.291 e. The second-order valence-corrected chi connectivity index (χ2v) is 2.55. The molecule has 0 unspecified atom stereocenters. The van der Waals surface area contributed by atoms with E-state index in [-0.39, 0.29) is 12.2 Å². The van der Waals surface area contributed by atoms with Crippen LogP contribution in [-0.2, 0) is 7.05 Å². The minimum Gasteiger partial charge on any atom is -0.291 e. The van der Waals surface area contributed by atoms with Crippen molar-refractivity contribution in [3.8, 4) is 6.07 Å². The molecule has 0 atom stereocenters. The number of hydrogen-bond acceptors (Lipinski definition) is 3. The van der Waals surface area contributed by atoms with Gasteiger partial charge in [0, 0.05) is 12.7 Å². The maximum absolute atomic E-state index is 11.1. The van der Waals surface area contributed by atoms with Gasteiger partial charge >= 0.3 is 0 Å². The molecule has 0 bridgehead atoms. The van der Waals surface area contributed by atoms with Crippen LogP contribution in [-0.4, -0.2) is 15.6 Å². The molecule has 4 nitrogen and oxygen atoms in total. The summed E-state index contributed by atoms with van der Waals surface area (Å²) >= 11 is 0. The molecule has 0 fully saturated rings. The molecule has 1 heterocycles. The number of aromatic nitrogens is 2. The lowest BCUT2D eigenvalue weighted by Gasteiger charge is -1.88. The van der Waals surface area contributed by atoms with Crippen LogP contribution >= 0.6 is 0 Å². The van der Waals surface area contributed by atoms with Crippen LogP contribution in [0.3, 0.4) is 0 Å². The summed E-state index contributed by atoms with van der Waals surface area (Å²) in [4.78, 5) is 11.1. The summed E-state index contributed by atoms with van der Waals surface area (Å²) in [5.74, 6) is -0.221. The van der Waals surface area contributed by atoms with E-state index in [1.165, 1.54) is 0 Å². The predicted molar refractivity (Wildman–Crippen MR) is 42.5 cm³/mol. The number of hydrogen-bond donors (Lipinski definition) is 0. The fourth-order valence-electron chi connectivity index (χ4n) is 0.859. The fraction of sp³-hybridized carbons (Fsp3) is 0.375. The highest BCUT2D eigenvalue weighted by Gasteiger charge is 2.09. The Hall–Kier alpha value is -1.63. The summed E-state index contributed by atoms with van der Waals surface area (Å²) in [6, 6.07) is 3.48. The van der Waals surface area contributed by atoms with Crippen LogP contribution < -0.4 is 0 Å². The van der Waals surface area contributed by atoms with Crippen LogP contribution in [0.4, 0.5) is 0 Å². The first-order valence-corrected chi connectivity index (χ1v) is 3.56. The van der Waals surface area contributed by atoms with Gasteiger partial charge in [0.1, 0.15) is 12.1 Å². The average molecular weight is 163 g/mol. The van der Waals surface area contributed by atoms with Crippen LogP contribution in [0.1, 0.15) is 22.6 Å². The Labute approximate surface area is 70.4 Å². The molecule has 0 aliphatic carbocycles. The van der Waals surface area contributed by atoms with E-state index >= 15 is 0 Å². The monoisotopic (exact) mass is 163 g/mol. The average Bonchev–Trinajstić information content (AvgIpc) is 2.33. The van der Waals surface area contributed by atoms with Crippen LogP contribution in [0.25, 0.3) is 0 Å². The van der Waals surface area contributed by atoms with E-state index in [1.807, 2.05) is 6.92 Å². The van der Waals surface area contributed by atoms with Gasteiger partial charge in [-0.2, -0.15) is 10.4 Å². The minimum atomic E-state index is -0.221. The molecule has 4 heteroatoms. The third kappa shape index (κ3) is 1.51. The standard InChI is InChI=1S/C8H9N3O/c1-6-5-7(10-11(6)2)8(12)3-4-9/h5H,3H2,1-2H3. The topological polar surface area (TPSA) is 58.7 Å². The maximum Gasteiger partial charge on any atom is 0.197 e. The molecular formula is C8H9N3O. The summed E-state index contributed by atoms with van der Waals surface area (Å²) < 4.78 is 1.62. The van der Waals surface area contributed by atoms with Gasteiger partial charge in [-0.3, -0.25) is 9.48 Å². The lowest BCUT2D eigenvalue weighted by Crippen LogP contribution is -2.00. The molecule has 0 saturated heterocycles. The summed E-state index contributed by atoms with van der Waals surface area (Å²) in [6.45, 7) is 1.86. The Bertz CT molecular complexity index is 326. The molecule has 0 aliphatic heterocycles. The van der Waals surface area contributed by atoms with E-state index in [9.17, 15) is 4.79 Å². The van der Waals surface area contributed by atoms with Gasteiger partial charge in [-0.1, -0.05) is 0 Å². The second-order valence-electron chi connectivity index (χ2n) is 2.55. The zero-order chi connectivity index (χ0) is 9.14. The van der Waals surface area contributed by atoms with E-state index in [2.05, 4.69) is 5.10 Å². The molecule has 62 valence electrons. The summed E-state index contributed by atoms with van der Waals surface area (Å²) in [6.07, 6.45) is -0.101.